The van der Waals surface area contributed by atoms with Crippen LogP contribution >= 0.6 is 35.0 Å². The molecule has 6 heteroatoms. The van der Waals surface area contributed by atoms with Crippen LogP contribution in [-0.2, 0) is 9.53 Å². The summed E-state index contributed by atoms with van der Waals surface area (Å²) in [6.45, 7) is 0. The largest absolute Gasteiger partial charge is 0.464 e. The minimum atomic E-state index is -0.552. The van der Waals surface area contributed by atoms with Crippen molar-refractivity contribution in [3.05, 3.63) is 75.9 Å². The second-order valence-corrected chi connectivity index (χ2v) is 7.40. The van der Waals surface area contributed by atoms with Crippen LogP contribution in [-0.4, -0.2) is 13.1 Å². The van der Waals surface area contributed by atoms with Crippen molar-refractivity contribution in [1.82, 2.24) is 0 Å². The van der Waals surface area contributed by atoms with Crippen LogP contribution in [0.5, 0.6) is 0 Å². The normalized spacial score (nSPS) is 11.6. The maximum absolute atomic E-state index is 11.6. The number of benzene rings is 3. The topological polar surface area (TPSA) is 52.3 Å². The quantitative estimate of drug-likeness (QED) is 0.443. The van der Waals surface area contributed by atoms with Crippen LogP contribution in [0.4, 0.5) is 0 Å². The summed E-state index contributed by atoms with van der Waals surface area (Å²) in [6.07, 6.45) is 1.63. The van der Waals surface area contributed by atoms with Gasteiger partial charge in [0.15, 0.2) is 0 Å². The van der Waals surface area contributed by atoms with Crippen molar-refractivity contribution in [1.29, 1.82) is 0 Å². The average molecular weight is 404 g/mol. The maximum atomic E-state index is 11.6. The predicted molar refractivity (Wildman–Crippen MR) is 109 cm³/mol. The number of methoxy groups -OCH3 is 1. The van der Waals surface area contributed by atoms with Gasteiger partial charge in [-0.3, -0.25) is 0 Å². The van der Waals surface area contributed by atoms with Gasteiger partial charge in [-0.2, -0.15) is 0 Å². The van der Waals surface area contributed by atoms with Gasteiger partial charge in [-0.25, -0.2) is 4.79 Å². The highest BCUT2D eigenvalue weighted by Gasteiger charge is 2.10. The number of nitrogens with two attached hydrogens (primary N) is 1. The number of esters is 1. The highest BCUT2D eigenvalue weighted by atomic mass is 35.5. The van der Waals surface area contributed by atoms with Gasteiger partial charge in [0.1, 0.15) is 5.70 Å². The Bertz CT molecular complexity index is 1020. The molecule has 0 radical (unpaired) electrons. The second kappa shape index (κ2) is 8.04. The van der Waals surface area contributed by atoms with E-state index in [1.807, 2.05) is 48.5 Å². The summed E-state index contributed by atoms with van der Waals surface area (Å²) in [5, 5.41) is 3.09. The van der Waals surface area contributed by atoms with Gasteiger partial charge in [0.05, 0.1) is 17.2 Å². The first-order valence-corrected chi connectivity index (χ1v) is 9.27. The molecule has 0 aliphatic rings. The maximum Gasteiger partial charge on any atom is 0.353 e. The molecule has 3 aromatic carbocycles. The molecule has 0 aliphatic carbocycles. The van der Waals surface area contributed by atoms with Crippen molar-refractivity contribution >= 4 is 57.8 Å². The molecule has 2 N–H and O–H groups in total. The number of hydrogen-bond donors (Lipinski definition) is 1. The van der Waals surface area contributed by atoms with E-state index >= 15 is 0 Å². The Morgan fingerprint density at radius 3 is 2.46 bits per heavy atom. The first-order chi connectivity index (χ1) is 12.5. The number of carbonyl (C=O) groups is 1. The van der Waals surface area contributed by atoms with E-state index in [1.165, 1.54) is 7.11 Å². The van der Waals surface area contributed by atoms with E-state index in [-0.39, 0.29) is 5.70 Å². The lowest BCUT2D eigenvalue weighted by Crippen LogP contribution is -2.12. The Balaban J connectivity index is 2.05. The molecular formula is C20H15Cl2NO2S. The summed E-state index contributed by atoms with van der Waals surface area (Å²) in [5.41, 5.74) is 6.70. The lowest BCUT2D eigenvalue weighted by molar-refractivity contribution is -0.136. The van der Waals surface area contributed by atoms with Crippen LogP contribution in [0.15, 0.2) is 70.1 Å². The van der Waals surface area contributed by atoms with Gasteiger partial charge in [-0.05, 0) is 46.7 Å². The molecular weight excluding hydrogens is 389 g/mol. The van der Waals surface area contributed by atoms with Crippen LogP contribution in [0.1, 0.15) is 5.56 Å². The predicted octanol–water partition coefficient (Wildman–Crippen LogP) is 5.77. The molecule has 3 nitrogen and oxygen atoms in total. The molecule has 0 fully saturated rings. The van der Waals surface area contributed by atoms with E-state index < -0.39 is 5.97 Å². The molecule has 0 atom stereocenters. The number of rotatable bonds is 4. The van der Waals surface area contributed by atoms with Crippen molar-refractivity contribution in [3.8, 4) is 0 Å². The molecule has 26 heavy (non-hydrogen) atoms. The van der Waals surface area contributed by atoms with Gasteiger partial charge in [0, 0.05) is 9.79 Å². The number of carbonyl (C=O) groups excluding carboxylic acids is 1. The highest BCUT2D eigenvalue weighted by Crippen LogP contribution is 2.37. The molecule has 3 aromatic rings. The van der Waals surface area contributed by atoms with E-state index in [9.17, 15) is 4.79 Å². The average Bonchev–Trinajstić information content (AvgIpc) is 2.65. The fourth-order valence-corrected chi connectivity index (χ4v) is 3.87. The van der Waals surface area contributed by atoms with Crippen molar-refractivity contribution in [2.75, 3.05) is 7.11 Å². The van der Waals surface area contributed by atoms with Gasteiger partial charge < -0.3 is 10.5 Å². The van der Waals surface area contributed by atoms with Gasteiger partial charge in [0.2, 0.25) is 0 Å². The van der Waals surface area contributed by atoms with E-state index in [0.29, 0.717) is 10.0 Å². The molecule has 0 bridgehead atoms. The number of hydrogen-bond acceptors (Lipinski definition) is 4. The summed E-state index contributed by atoms with van der Waals surface area (Å²) < 4.78 is 4.66. The van der Waals surface area contributed by atoms with Crippen LogP contribution in [0, 0.1) is 0 Å². The zero-order valence-electron chi connectivity index (χ0n) is 13.8. The molecule has 0 saturated heterocycles. The molecule has 0 spiro atoms. The van der Waals surface area contributed by atoms with Gasteiger partial charge >= 0.3 is 5.97 Å². The summed E-state index contributed by atoms with van der Waals surface area (Å²) in [7, 11) is 1.30. The minimum Gasteiger partial charge on any atom is -0.464 e. The van der Waals surface area contributed by atoms with Gasteiger partial charge in [-0.1, -0.05) is 65.3 Å². The van der Waals surface area contributed by atoms with Crippen LogP contribution in [0.25, 0.3) is 16.8 Å². The lowest BCUT2D eigenvalue weighted by Gasteiger charge is -2.10. The fraction of sp³-hybridized carbons (Fsp3) is 0.0500. The standard InChI is InChI=1S/C20H15Cl2NO2S/c1-25-20(24)18(23)10-12-6-9-19(15-5-3-2-4-14(12)15)26-13-7-8-16(21)17(22)11-13/h2-11H,23H2,1H3/b18-10-. The second-order valence-electron chi connectivity index (χ2n) is 5.47. The summed E-state index contributed by atoms with van der Waals surface area (Å²) >= 11 is 13.7. The van der Waals surface area contributed by atoms with E-state index in [0.717, 1.165) is 26.1 Å². The molecule has 0 unspecified atom stereocenters. The third-order valence-corrected chi connectivity index (χ3v) is 5.57. The van der Waals surface area contributed by atoms with Crippen molar-refractivity contribution in [3.63, 3.8) is 0 Å². The third kappa shape index (κ3) is 3.98. The molecule has 0 aliphatic heterocycles. The molecule has 0 amide bonds. The Hall–Kier alpha value is -2.14. The summed E-state index contributed by atoms with van der Waals surface area (Å²) in [4.78, 5) is 13.6. The Kier molecular flexibility index (Phi) is 5.77. The Labute approximate surface area is 165 Å². The first kappa shape index (κ1) is 18.6. The molecule has 0 aromatic heterocycles. The number of fused-ring (bicyclic) bond motifs is 1. The lowest BCUT2D eigenvalue weighted by atomic mass is 10.0. The van der Waals surface area contributed by atoms with E-state index in [4.69, 9.17) is 28.9 Å². The third-order valence-electron chi connectivity index (χ3n) is 3.77. The zero-order valence-corrected chi connectivity index (χ0v) is 16.2. The van der Waals surface area contributed by atoms with E-state index in [1.54, 1.807) is 23.9 Å². The molecule has 3 rings (SSSR count). The Morgan fingerprint density at radius 2 is 1.77 bits per heavy atom. The smallest absolute Gasteiger partial charge is 0.353 e. The highest BCUT2D eigenvalue weighted by molar-refractivity contribution is 7.99. The van der Waals surface area contributed by atoms with Gasteiger partial charge in [-0.15, -0.1) is 0 Å². The fourth-order valence-electron chi connectivity index (χ4n) is 2.52. The van der Waals surface area contributed by atoms with Crippen LogP contribution < -0.4 is 5.73 Å². The van der Waals surface area contributed by atoms with E-state index in [2.05, 4.69) is 4.74 Å². The summed E-state index contributed by atoms with van der Waals surface area (Å²) in [6, 6.07) is 17.4. The van der Waals surface area contributed by atoms with Crippen molar-refractivity contribution in [2.45, 2.75) is 9.79 Å². The minimum absolute atomic E-state index is 0.0579. The van der Waals surface area contributed by atoms with Crippen molar-refractivity contribution in [2.24, 2.45) is 5.73 Å². The van der Waals surface area contributed by atoms with Crippen LogP contribution in [0.2, 0.25) is 10.0 Å². The number of halogens is 2. The summed E-state index contributed by atoms with van der Waals surface area (Å²) in [5.74, 6) is -0.552. The zero-order chi connectivity index (χ0) is 18.7. The SMILES string of the molecule is COC(=O)/C(N)=C/c1ccc(Sc2ccc(Cl)c(Cl)c2)c2ccccc12. The first-order valence-electron chi connectivity index (χ1n) is 7.69. The molecule has 0 saturated carbocycles. The van der Waals surface area contributed by atoms with Crippen LogP contribution in [0.3, 0.4) is 0 Å². The molecule has 132 valence electrons. The number of ether oxygens (including phenoxy) is 1. The van der Waals surface area contributed by atoms with Gasteiger partial charge in [0.25, 0.3) is 0 Å². The monoisotopic (exact) mass is 403 g/mol. The van der Waals surface area contributed by atoms with Crippen molar-refractivity contribution < 1.29 is 9.53 Å². The Morgan fingerprint density at radius 1 is 1.04 bits per heavy atom. The molecule has 0 heterocycles.